The quantitative estimate of drug-likeness (QED) is 0.264. The van der Waals surface area contributed by atoms with Crippen molar-refractivity contribution in [2.45, 2.75) is 32.3 Å². The number of amides is 1. The fourth-order valence-corrected chi connectivity index (χ4v) is 4.01. The molecule has 0 aliphatic rings. The normalized spacial score (nSPS) is 12.4. The van der Waals surface area contributed by atoms with Gasteiger partial charge in [-0.1, -0.05) is 78.0 Å². The highest BCUT2D eigenvalue weighted by Crippen LogP contribution is 2.27. The van der Waals surface area contributed by atoms with Crippen LogP contribution in [0.25, 0.3) is 16.8 Å². The van der Waals surface area contributed by atoms with E-state index in [-0.39, 0.29) is 0 Å². The number of carboxylic acids is 1. The summed E-state index contributed by atoms with van der Waals surface area (Å²) >= 11 is 0. The van der Waals surface area contributed by atoms with E-state index in [0.717, 1.165) is 22.3 Å². The molecule has 0 saturated carbocycles. The third-order valence-electron chi connectivity index (χ3n) is 6.07. The van der Waals surface area contributed by atoms with Gasteiger partial charge >= 0.3 is 12.1 Å². The lowest BCUT2D eigenvalue weighted by Crippen LogP contribution is -2.18. The molecule has 0 fully saturated rings. The van der Waals surface area contributed by atoms with Gasteiger partial charge in [0.05, 0.1) is 11.6 Å². The molecule has 8 nitrogen and oxygen atoms in total. The summed E-state index contributed by atoms with van der Waals surface area (Å²) < 4.78 is 7.07. The van der Waals surface area contributed by atoms with Crippen LogP contribution in [0.1, 0.15) is 42.2 Å². The second-order valence-corrected chi connectivity index (χ2v) is 8.60. The summed E-state index contributed by atoms with van der Waals surface area (Å²) in [4.78, 5) is 24.1. The molecule has 0 spiro atoms. The van der Waals surface area contributed by atoms with Crippen molar-refractivity contribution in [1.82, 2.24) is 15.0 Å². The number of benzene rings is 3. The van der Waals surface area contributed by atoms with E-state index in [9.17, 15) is 14.7 Å². The Labute approximate surface area is 215 Å². The number of rotatable bonds is 9. The number of hydrogen-bond acceptors (Lipinski definition) is 5. The van der Waals surface area contributed by atoms with E-state index in [1.807, 2.05) is 85.8 Å². The largest absolute Gasteiger partial charge is 0.481 e. The number of carboxylic acid groups (broad SMARTS) is 1. The molecule has 2 atom stereocenters. The molecule has 0 aliphatic carbocycles. The number of hydrogen-bond donors (Lipinski definition) is 2. The highest BCUT2D eigenvalue weighted by Gasteiger charge is 2.19. The zero-order valence-corrected chi connectivity index (χ0v) is 20.7. The summed E-state index contributed by atoms with van der Waals surface area (Å²) in [6.07, 6.45) is 0.967. The fraction of sp³-hybridized carbons (Fsp3) is 0.172. The minimum Gasteiger partial charge on any atom is -0.481 e. The molecule has 3 aromatic carbocycles. The predicted molar refractivity (Wildman–Crippen MR) is 142 cm³/mol. The number of anilines is 1. The summed E-state index contributed by atoms with van der Waals surface area (Å²) in [6, 6.07) is 24.6. The fourth-order valence-electron chi connectivity index (χ4n) is 4.01. The van der Waals surface area contributed by atoms with Gasteiger partial charge in [-0.05, 0) is 54.7 Å². The van der Waals surface area contributed by atoms with Crippen LogP contribution < -0.4 is 5.32 Å². The molecule has 0 saturated heterocycles. The molecular formula is C29H28N4O4. The lowest BCUT2D eigenvalue weighted by Gasteiger charge is -2.15. The first-order valence-corrected chi connectivity index (χ1v) is 11.9. The van der Waals surface area contributed by atoms with E-state index in [2.05, 4.69) is 22.2 Å². The predicted octanol–water partition coefficient (Wildman–Crippen LogP) is 6.30. The molecule has 4 rings (SSSR count). The van der Waals surface area contributed by atoms with Gasteiger partial charge in [-0.25, -0.2) is 4.79 Å². The number of aromatic nitrogens is 3. The maximum atomic E-state index is 12.6. The van der Waals surface area contributed by atoms with Crippen LogP contribution in [0.15, 0.2) is 91.5 Å². The van der Waals surface area contributed by atoms with Crippen molar-refractivity contribution in [2.24, 2.45) is 0 Å². The number of carbonyl (C=O) groups excluding carboxylic acids is 1. The summed E-state index contributed by atoms with van der Waals surface area (Å²) in [5.41, 5.74) is 4.79. The van der Waals surface area contributed by atoms with Crippen molar-refractivity contribution in [3.63, 3.8) is 0 Å². The van der Waals surface area contributed by atoms with Gasteiger partial charge < -0.3 is 9.84 Å². The summed E-state index contributed by atoms with van der Waals surface area (Å²) in [6.45, 7) is 7.22. The van der Waals surface area contributed by atoms with Crippen LogP contribution in [-0.4, -0.2) is 32.2 Å². The Bertz CT molecular complexity index is 1380. The smallest absolute Gasteiger partial charge is 0.413 e. The lowest BCUT2D eigenvalue weighted by molar-refractivity contribution is -0.138. The van der Waals surface area contributed by atoms with Gasteiger partial charge in [0.2, 0.25) is 0 Å². The van der Waals surface area contributed by atoms with Crippen molar-refractivity contribution >= 4 is 17.9 Å². The molecule has 0 radical (unpaired) electrons. The average Bonchev–Trinajstić information content (AvgIpc) is 3.27. The van der Waals surface area contributed by atoms with E-state index < -0.39 is 24.1 Å². The van der Waals surface area contributed by atoms with Gasteiger partial charge in [0, 0.05) is 0 Å². The SMILES string of the molecule is C=CCC(C(=O)O)c1ccc(-c2ccc(-n3nnc(C)c3NC(=O)O[C@H](C)c3ccccc3)cc2)cc1. The summed E-state index contributed by atoms with van der Waals surface area (Å²) in [5, 5.41) is 20.5. The van der Waals surface area contributed by atoms with Gasteiger partial charge in [0.15, 0.2) is 5.82 Å². The number of nitrogens with one attached hydrogen (secondary N) is 1. The van der Waals surface area contributed by atoms with E-state index in [1.54, 1.807) is 17.7 Å². The van der Waals surface area contributed by atoms with E-state index in [4.69, 9.17) is 4.74 Å². The highest BCUT2D eigenvalue weighted by molar-refractivity contribution is 5.84. The summed E-state index contributed by atoms with van der Waals surface area (Å²) in [5.74, 6) is -1.06. The molecule has 1 unspecified atom stereocenters. The van der Waals surface area contributed by atoms with Crippen LogP contribution in [0.2, 0.25) is 0 Å². The van der Waals surface area contributed by atoms with Crippen LogP contribution in [0.3, 0.4) is 0 Å². The molecule has 188 valence electrons. The Morgan fingerprint density at radius 1 is 1.00 bits per heavy atom. The van der Waals surface area contributed by atoms with Gasteiger partial charge in [-0.2, -0.15) is 4.68 Å². The number of aryl methyl sites for hydroxylation is 1. The van der Waals surface area contributed by atoms with Crippen LogP contribution in [0.4, 0.5) is 10.6 Å². The minimum atomic E-state index is -0.872. The monoisotopic (exact) mass is 496 g/mol. The first-order chi connectivity index (χ1) is 17.9. The van der Waals surface area contributed by atoms with E-state index in [0.29, 0.717) is 23.6 Å². The first kappa shape index (κ1) is 25.4. The van der Waals surface area contributed by atoms with Gasteiger partial charge in [-0.15, -0.1) is 11.7 Å². The zero-order valence-electron chi connectivity index (χ0n) is 20.7. The second kappa shape index (κ2) is 11.3. The Kier molecular flexibility index (Phi) is 7.78. The standard InChI is InChI=1S/C29H28N4O4/c1-4-8-26(28(34)35)24-13-11-22(12-14-24)23-15-17-25(18-16-23)33-27(19(2)31-32-33)30-29(36)37-20(3)21-9-6-5-7-10-21/h4-7,9-18,20,26H,1,8H2,2-3H3,(H,30,36)(H,34,35)/t20-,26?/m1/s1. The Morgan fingerprint density at radius 2 is 1.62 bits per heavy atom. The van der Waals surface area contributed by atoms with Crippen molar-refractivity contribution in [1.29, 1.82) is 0 Å². The topological polar surface area (TPSA) is 106 Å². The molecule has 1 amide bonds. The maximum absolute atomic E-state index is 12.6. The lowest BCUT2D eigenvalue weighted by atomic mass is 9.94. The number of ether oxygens (including phenoxy) is 1. The minimum absolute atomic E-state index is 0.371. The van der Waals surface area contributed by atoms with Crippen molar-refractivity contribution < 1.29 is 19.4 Å². The summed E-state index contributed by atoms with van der Waals surface area (Å²) in [7, 11) is 0. The van der Waals surface area contributed by atoms with Gasteiger partial charge in [0.1, 0.15) is 11.8 Å². The van der Waals surface area contributed by atoms with E-state index in [1.165, 1.54) is 0 Å². The molecule has 8 heteroatoms. The maximum Gasteiger partial charge on any atom is 0.413 e. The molecule has 0 bridgehead atoms. The van der Waals surface area contributed by atoms with Crippen LogP contribution >= 0.6 is 0 Å². The number of carbonyl (C=O) groups is 2. The molecule has 37 heavy (non-hydrogen) atoms. The molecule has 0 aliphatic heterocycles. The van der Waals surface area contributed by atoms with Crippen LogP contribution in [0, 0.1) is 6.92 Å². The number of nitrogens with zero attached hydrogens (tertiary/aromatic N) is 3. The van der Waals surface area contributed by atoms with Crippen molar-refractivity contribution in [2.75, 3.05) is 5.32 Å². The van der Waals surface area contributed by atoms with Crippen molar-refractivity contribution in [3.05, 3.63) is 108 Å². The van der Waals surface area contributed by atoms with E-state index >= 15 is 0 Å². The third-order valence-corrected chi connectivity index (χ3v) is 6.07. The molecule has 4 aromatic rings. The zero-order chi connectivity index (χ0) is 26.4. The molecule has 1 aromatic heterocycles. The van der Waals surface area contributed by atoms with Gasteiger partial charge in [0.25, 0.3) is 0 Å². The molecule has 2 N–H and O–H groups in total. The first-order valence-electron chi connectivity index (χ1n) is 11.9. The Morgan fingerprint density at radius 3 is 2.22 bits per heavy atom. The van der Waals surface area contributed by atoms with Crippen molar-refractivity contribution in [3.8, 4) is 16.8 Å². The Hall–Kier alpha value is -4.72. The van der Waals surface area contributed by atoms with Crippen LogP contribution in [-0.2, 0) is 9.53 Å². The van der Waals surface area contributed by atoms with Crippen LogP contribution in [0.5, 0.6) is 0 Å². The number of aliphatic carboxylic acids is 1. The van der Waals surface area contributed by atoms with Gasteiger partial charge in [-0.3, -0.25) is 10.1 Å². The third kappa shape index (κ3) is 5.92. The highest BCUT2D eigenvalue weighted by atomic mass is 16.6. The second-order valence-electron chi connectivity index (χ2n) is 8.60. The average molecular weight is 497 g/mol. The molecule has 1 heterocycles. The molecular weight excluding hydrogens is 468 g/mol. The Balaban J connectivity index is 1.48. The number of allylic oxidation sites excluding steroid dienone is 1.